The van der Waals surface area contributed by atoms with Crippen molar-refractivity contribution in [2.24, 2.45) is 5.41 Å². The lowest BCUT2D eigenvalue weighted by molar-refractivity contribution is -0.148. The summed E-state index contributed by atoms with van der Waals surface area (Å²) in [6, 6.07) is 0. The zero-order chi connectivity index (χ0) is 13.7. The van der Waals surface area contributed by atoms with Gasteiger partial charge in [0.25, 0.3) is 0 Å². The van der Waals surface area contributed by atoms with Crippen molar-refractivity contribution in [2.45, 2.75) is 40.2 Å². The summed E-state index contributed by atoms with van der Waals surface area (Å²) in [4.78, 5) is 14.0. The van der Waals surface area contributed by atoms with Crippen molar-refractivity contribution in [3.8, 4) is 0 Å². The Morgan fingerprint density at radius 3 is 2.12 bits per heavy atom. The molecule has 4 heteroatoms. The van der Waals surface area contributed by atoms with E-state index in [1.807, 2.05) is 20.9 Å². The molecule has 0 saturated heterocycles. The average Bonchev–Trinajstić information content (AvgIpc) is 2.13. The van der Waals surface area contributed by atoms with Crippen molar-refractivity contribution in [2.75, 3.05) is 33.8 Å². The summed E-state index contributed by atoms with van der Waals surface area (Å²) in [6.45, 7) is 12.8. The fourth-order valence-electron chi connectivity index (χ4n) is 2.21. The molecule has 0 amide bonds. The maximum Gasteiger partial charge on any atom is 0.327 e. The van der Waals surface area contributed by atoms with Crippen LogP contribution in [0.15, 0.2) is 0 Å². The first-order valence-corrected chi connectivity index (χ1v) is 6.16. The van der Waals surface area contributed by atoms with E-state index in [9.17, 15) is 4.79 Å². The van der Waals surface area contributed by atoms with Crippen molar-refractivity contribution in [3.05, 3.63) is 0 Å². The van der Waals surface area contributed by atoms with Crippen molar-refractivity contribution < 1.29 is 9.53 Å². The smallest absolute Gasteiger partial charge is 0.327 e. The van der Waals surface area contributed by atoms with Crippen LogP contribution in [-0.4, -0.2) is 50.2 Å². The van der Waals surface area contributed by atoms with E-state index in [1.54, 1.807) is 0 Å². The SMILES string of the molecule is CCNC(C)(CN(C)CC(C)(C)C)C(=O)OC. The molecule has 0 aromatic rings. The summed E-state index contributed by atoms with van der Waals surface area (Å²) in [5.41, 5.74) is -0.415. The van der Waals surface area contributed by atoms with Crippen LogP contribution in [0, 0.1) is 5.41 Å². The third kappa shape index (κ3) is 6.03. The first-order valence-electron chi connectivity index (χ1n) is 6.16. The van der Waals surface area contributed by atoms with Gasteiger partial charge in [0, 0.05) is 13.1 Å². The second-order valence-corrected chi connectivity index (χ2v) is 6.09. The van der Waals surface area contributed by atoms with Crippen LogP contribution in [0.1, 0.15) is 34.6 Å². The minimum atomic E-state index is -0.635. The van der Waals surface area contributed by atoms with Gasteiger partial charge in [0.15, 0.2) is 0 Å². The minimum absolute atomic E-state index is 0.208. The number of nitrogens with zero attached hydrogens (tertiary/aromatic N) is 1. The average molecular weight is 244 g/mol. The predicted molar refractivity (Wildman–Crippen MR) is 71.0 cm³/mol. The number of rotatable bonds is 6. The summed E-state index contributed by atoms with van der Waals surface area (Å²) < 4.78 is 4.87. The van der Waals surface area contributed by atoms with Crippen LogP contribution >= 0.6 is 0 Å². The highest BCUT2D eigenvalue weighted by Gasteiger charge is 2.35. The van der Waals surface area contributed by atoms with Gasteiger partial charge in [0.2, 0.25) is 0 Å². The minimum Gasteiger partial charge on any atom is -0.468 e. The molecule has 102 valence electrons. The van der Waals surface area contributed by atoms with Gasteiger partial charge in [-0.1, -0.05) is 27.7 Å². The van der Waals surface area contributed by atoms with Crippen LogP contribution in [0.3, 0.4) is 0 Å². The van der Waals surface area contributed by atoms with E-state index < -0.39 is 5.54 Å². The Kier molecular flexibility index (Phi) is 6.13. The van der Waals surface area contributed by atoms with Crippen LogP contribution in [0.5, 0.6) is 0 Å². The van der Waals surface area contributed by atoms with Crippen molar-refractivity contribution in [1.82, 2.24) is 10.2 Å². The van der Waals surface area contributed by atoms with Crippen molar-refractivity contribution in [1.29, 1.82) is 0 Å². The Labute approximate surface area is 106 Å². The zero-order valence-electron chi connectivity index (χ0n) is 12.4. The van der Waals surface area contributed by atoms with Crippen LogP contribution in [0.2, 0.25) is 0 Å². The van der Waals surface area contributed by atoms with Crippen molar-refractivity contribution >= 4 is 5.97 Å². The van der Waals surface area contributed by atoms with Gasteiger partial charge in [-0.25, -0.2) is 0 Å². The Hall–Kier alpha value is -0.610. The second-order valence-electron chi connectivity index (χ2n) is 6.09. The molecular weight excluding hydrogens is 216 g/mol. The molecular formula is C13H28N2O2. The number of esters is 1. The molecule has 0 aliphatic rings. The van der Waals surface area contributed by atoms with Gasteiger partial charge in [-0.2, -0.15) is 0 Å². The number of methoxy groups -OCH3 is 1. The first-order chi connectivity index (χ1) is 7.64. The topological polar surface area (TPSA) is 41.6 Å². The molecule has 0 aliphatic carbocycles. The van der Waals surface area contributed by atoms with E-state index in [4.69, 9.17) is 4.74 Å². The highest BCUT2D eigenvalue weighted by atomic mass is 16.5. The van der Waals surface area contributed by atoms with Gasteiger partial charge in [-0.15, -0.1) is 0 Å². The molecule has 1 N–H and O–H groups in total. The number of nitrogens with one attached hydrogen (secondary N) is 1. The molecule has 17 heavy (non-hydrogen) atoms. The molecule has 0 spiro atoms. The molecule has 0 aromatic heterocycles. The molecule has 0 bridgehead atoms. The molecule has 0 heterocycles. The fourth-order valence-corrected chi connectivity index (χ4v) is 2.21. The zero-order valence-corrected chi connectivity index (χ0v) is 12.4. The van der Waals surface area contributed by atoms with E-state index >= 15 is 0 Å². The monoisotopic (exact) mass is 244 g/mol. The Balaban J connectivity index is 4.59. The Bertz CT molecular complexity index is 248. The largest absolute Gasteiger partial charge is 0.468 e. The molecule has 4 nitrogen and oxygen atoms in total. The standard InChI is InChI=1S/C13H28N2O2/c1-8-14-13(5,11(16)17-7)10-15(6)9-12(2,3)4/h14H,8-10H2,1-7H3. The molecule has 0 aliphatic heterocycles. The highest BCUT2D eigenvalue weighted by molar-refractivity contribution is 5.80. The van der Waals surface area contributed by atoms with Gasteiger partial charge in [-0.05, 0) is 25.9 Å². The lowest BCUT2D eigenvalue weighted by Crippen LogP contribution is -2.57. The number of likely N-dealkylation sites (N-methyl/N-ethyl adjacent to an activating group) is 2. The number of carbonyl (C=O) groups is 1. The second kappa shape index (κ2) is 6.36. The summed E-state index contributed by atoms with van der Waals surface area (Å²) >= 11 is 0. The van der Waals surface area contributed by atoms with E-state index in [0.29, 0.717) is 6.54 Å². The van der Waals surface area contributed by atoms with E-state index in [-0.39, 0.29) is 11.4 Å². The van der Waals surface area contributed by atoms with Gasteiger partial charge in [0.05, 0.1) is 7.11 Å². The molecule has 0 saturated carbocycles. The maximum atomic E-state index is 11.8. The van der Waals surface area contributed by atoms with Crippen LogP contribution in [-0.2, 0) is 9.53 Å². The van der Waals surface area contributed by atoms with E-state index in [1.165, 1.54) is 7.11 Å². The summed E-state index contributed by atoms with van der Waals surface area (Å²) in [7, 11) is 3.46. The summed E-state index contributed by atoms with van der Waals surface area (Å²) in [5, 5.41) is 3.21. The summed E-state index contributed by atoms with van der Waals surface area (Å²) in [5.74, 6) is -0.208. The van der Waals surface area contributed by atoms with Gasteiger partial charge < -0.3 is 15.0 Å². The molecule has 0 aromatic carbocycles. The van der Waals surface area contributed by atoms with Gasteiger partial charge >= 0.3 is 5.97 Å². The molecule has 0 radical (unpaired) electrons. The lowest BCUT2D eigenvalue weighted by Gasteiger charge is -2.34. The van der Waals surface area contributed by atoms with Gasteiger partial charge in [0.1, 0.15) is 5.54 Å². The van der Waals surface area contributed by atoms with Crippen LogP contribution in [0.4, 0.5) is 0 Å². The number of ether oxygens (including phenoxy) is 1. The highest BCUT2D eigenvalue weighted by Crippen LogP contribution is 2.16. The molecule has 0 rings (SSSR count). The number of hydrogen-bond donors (Lipinski definition) is 1. The fraction of sp³-hybridized carbons (Fsp3) is 0.923. The molecule has 1 atom stereocenters. The Morgan fingerprint density at radius 2 is 1.76 bits per heavy atom. The Morgan fingerprint density at radius 1 is 1.24 bits per heavy atom. The van der Waals surface area contributed by atoms with E-state index in [2.05, 4.69) is 31.0 Å². The van der Waals surface area contributed by atoms with Crippen LogP contribution < -0.4 is 5.32 Å². The predicted octanol–water partition coefficient (Wildman–Crippen LogP) is 1.51. The number of carbonyl (C=O) groups excluding carboxylic acids is 1. The maximum absolute atomic E-state index is 11.8. The quantitative estimate of drug-likeness (QED) is 0.719. The van der Waals surface area contributed by atoms with Crippen molar-refractivity contribution in [3.63, 3.8) is 0 Å². The van der Waals surface area contributed by atoms with Gasteiger partial charge in [-0.3, -0.25) is 4.79 Å². The number of hydrogen-bond acceptors (Lipinski definition) is 4. The van der Waals surface area contributed by atoms with E-state index in [0.717, 1.165) is 13.1 Å². The summed E-state index contributed by atoms with van der Waals surface area (Å²) in [6.07, 6.45) is 0. The first kappa shape index (κ1) is 16.4. The third-order valence-electron chi connectivity index (χ3n) is 2.53. The van der Waals surface area contributed by atoms with Crippen LogP contribution in [0.25, 0.3) is 0 Å². The molecule has 1 unspecified atom stereocenters. The molecule has 0 fully saturated rings. The normalized spacial score (nSPS) is 15.8. The lowest BCUT2D eigenvalue weighted by atomic mass is 9.94. The third-order valence-corrected chi connectivity index (χ3v) is 2.53.